The Bertz CT molecular complexity index is 791. The summed E-state index contributed by atoms with van der Waals surface area (Å²) in [5, 5.41) is 9.54. The van der Waals surface area contributed by atoms with E-state index in [4.69, 9.17) is 0 Å². The Morgan fingerprint density at radius 2 is 1.83 bits per heavy atom. The van der Waals surface area contributed by atoms with Crippen LogP contribution >= 0.6 is 11.9 Å². The summed E-state index contributed by atoms with van der Waals surface area (Å²) < 4.78 is 3.64. The highest BCUT2D eigenvalue weighted by atomic mass is 32.2. The highest BCUT2D eigenvalue weighted by Gasteiger charge is 2.57. The van der Waals surface area contributed by atoms with Gasteiger partial charge in [0.25, 0.3) is 0 Å². The Hall–Kier alpha value is -0.670. The van der Waals surface area contributed by atoms with Gasteiger partial charge in [0.05, 0.1) is 0 Å². The normalized spacial score (nSPS) is 30.2. The molecule has 1 aromatic rings. The molecule has 0 aliphatic heterocycles. The van der Waals surface area contributed by atoms with E-state index in [1.165, 1.54) is 77.0 Å². The van der Waals surface area contributed by atoms with Crippen LogP contribution in [-0.4, -0.2) is 11.7 Å². The molecule has 0 heterocycles. The van der Waals surface area contributed by atoms with Crippen LogP contribution in [0.5, 0.6) is 5.75 Å². The Balaban J connectivity index is 1.56. The molecule has 0 radical (unpaired) electrons. The van der Waals surface area contributed by atoms with E-state index in [0.717, 1.165) is 29.2 Å². The lowest BCUT2D eigenvalue weighted by Crippen LogP contribution is -2.39. The quantitative estimate of drug-likeness (QED) is 0.191. The third kappa shape index (κ3) is 6.85. The number of unbranched alkanes of at least 4 members (excludes halogenated alkanes) is 1. The minimum Gasteiger partial charge on any atom is -0.508 e. The minimum absolute atomic E-state index is 0.332. The maximum Gasteiger partial charge on any atom is 0.115 e. The first-order valence-corrected chi connectivity index (χ1v) is 16.1. The van der Waals surface area contributed by atoms with Crippen LogP contribution in [0.4, 0.5) is 0 Å². The molecule has 2 saturated carbocycles. The number of rotatable bonds is 14. The monoisotopic (exact) mass is 515 g/mol. The van der Waals surface area contributed by atoms with Gasteiger partial charge < -0.3 is 5.11 Å². The Kier molecular flexibility index (Phi) is 10.7. The van der Waals surface area contributed by atoms with E-state index in [0.29, 0.717) is 27.9 Å². The number of phenolic OH excluding ortho intramolecular Hbond substituents is 1. The molecule has 0 saturated heterocycles. The molecule has 6 atom stereocenters. The largest absolute Gasteiger partial charge is 0.508 e. The first-order chi connectivity index (χ1) is 17.1. The molecule has 4 unspecified atom stereocenters. The van der Waals surface area contributed by atoms with Crippen molar-refractivity contribution in [3.63, 3.8) is 0 Å². The maximum atomic E-state index is 9.54. The van der Waals surface area contributed by atoms with E-state index in [1.807, 2.05) is 12.1 Å². The summed E-state index contributed by atoms with van der Waals surface area (Å²) in [5.74, 6) is 3.66. The molecule has 0 bridgehead atoms. The second-order valence-electron chi connectivity index (χ2n) is 13.7. The topological polar surface area (TPSA) is 32.3 Å². The van der Waals surface area contributed by atoms with E-state index in [9.17, 15) is 5.11 Å². The van der Waals surface area contributed by atoms with Gasteiger partial charge in [-0.15, -0.1) is 0 Å². The van der Waals surface area contributed by atoms with Crippen molar-refractivity contribution in [3.05, 3.63) is 24.3 Å². The number of nitrogens with one attached hydrogen (secondary N) is 1. The lowest BCUT2D eigenvalue weighted by Gasteiger charge is -2.48. The zero-order valence-electron chi connectivity index (χ0n) is 24.7. The third-order valence-electron chi connectivity index (χ3n) is 11.0. The molecule has 2 N–H and O–H groups in total. The molecule has 0 amide bonds. The zero-order valence-corrected chi connectivity index (χ0v) is 25.5. The molecule has 2 fully saturated rings. The smallest absolute Gasteiger partial charge is 0.115 e. The van der Waals surface area contributed by atoms with Gasteiger partial charge in [-0.1, -0.05) is 87.0 Å². The molecular weight excluding hydrogens is 458 g/mol. The summed E-state index contributed by atoms with van der Waals surface area (Å²) >= 11 is 1.69. The fraction of sp³-hybridized carbons (Fsp3) is 0.818. The van der Waals surface area contributed by atoms with Crippen LogP contribution in [0.3, 0.4) is 0 Å². The van der Waals surface area contributed by atoms with Crippen molar-refractivity contribution in [1.29, 1.82) is 0 Å². The van der Waals surface area contributed by atoms with Crippen molar-refractivity contribution < 1.29 is 5.11 Å². The van der Waals surface area contributed by atoms with Gasteiger partial charge in [-0.2, -0.15) is 0 Å². The summed E-state index contributed by atoms with van der Waals surface area (Å²) in [5.41, 5.74) is 1.50. The Morgan fingerprint density at radius 3 is 2.50 bits per heavy atom. The molecule has 3 rings (SSSR count). The number of aromatic hydroxyl groups is 1. The van der Waals surface area contributed by atoms with Gasteiger partial charge in [0.1, 0.15) is 5.75 Å². The van der Waals surface area contributed by atoms with Gasteiger partial charge in [0, 0.05) is 11.4 Å². The van der Waals surface area contributed by atoms with Crippen molar-refractivity contribution in [3.8, 4) is 5.75 Å². The van der Waals surface area contributed by atoms with Crippen LogP contribution < -0.4 is 4.72 Å². The molecule has 3 heteroatoms. The zero-order chi connectivity index (χ0) is 26.4. The number of hydrogen-bond donors (Lipinski definition) is 2. The lowest BCUT2D eigenvalue weighted by molar-refractivity contribution is 0.0155. The second-order valence-corrected chi connectivity index (χ2v) is 14.7. The van der Waals surface area contributed by atoms with Gasteiger partial charge >= 0.3 is 0 Å². The van der Waals surface area contributed by atoms with Crippen molar-refractivity contribution in [2.45, 2.75) is 130 Å². The van der Waals surface area contributed by atoms with Gasteiger partial charge in [0.15, 0.2) is 0 Å². The van der Waals surface area contributed by atoms with Crippen molar-refractivity contribution >= 4 is 11.9 Å². The molecule has 0 spiro atoms. The van der Waals surface area contributed by atoms with Crippen LogP contribution in [0, 0.1) is 39.9 Å². The lowest BCUT2D eigenvalue weighted by atomic mass is 9.57. The van der Waals surface area contributed by atoms with E-state index >= 15 is 0 Å². The predicted molar refractivity (Wildman–Crippen MR) is 158 cm³/mol. The SMILES string of the molecule is CCCC(C)(C)C(CCCCC1(C)C[C@H](CC)C2CCCCC21C)[C@H](C)CNSc1ccc(O)cc1. The van der Waals surface area contributed by atoms with Crippen molar-refractivity contribution in [2.75, 3.05) is 6.54 Å². The molecule has 206 valence electrons. The molecule has 2 nitrogen and oxygen atoms in total. The highest BCUT2D eigenvalue weighted by Crippen LogP contribution is 2.66. The maximum absolute atomic E-state index is 9.54. The van der Waals surface area contributed by atoms with Crippen LogP contribution in [0.1, 0.15) is 126 Å². The summed E-state index contributed by atoms with van der Waals surface area (Å²) in [7, 11) is 0. The molecule has 0 aromatic heterocycles. The van der Waals surface area contributed by atoms with E-state index < -0.39 is 0 Å². The van der Waals surface area contributed by atoms with Gasteiger partial charge in [0.2, 0.25) is 0 Å². The second kappa shape index (κ2) is 12.9. The minimum atomic E-state index is 0.332. The molecule has 1 aromatic carbocycles. The Labute approximate surface area is 228 Å². The highest BCUT2D eigenvalue weighted by molar-refractivity contribution is 7.97. The fourth-order valence-electron chi connectivity index (χ4n) is 8.70. The van der Waals surface area contributed by atoms with E-state index in [-0.39, 0.29) is 0 Å². The summed E-state index contributed by atoms with van der Waals surface area (Å²) in [4.78, 5) is 1.16. The van der Waals surface area contributed by atoms with Crippen molar-refractivity contribution in [1.82, 2.24) is 4.72 Å². The molecule has 2 aliphatic carbocycles. The molecule has 2 aliphatic rings. The molecular formula is C33H57NOS. The van der Waals surface area contributed by atoms with Crippen LogP contribution in [0.2, 0.25) is 0 Å². The van der Waals surface area contributed by atoms with Gasteiger partial charge in [-0.3, -0.25) is 4.72 Å². The predicted octanol–water partition coefficient (Wildman–Crippen LogP) is 10.3. The fourth-order valence-corrected chi connectivity index (χ4v) is 9.49. The summed E-state index contributed by atoms with van der Waals surface area (Å²) in [6.07, 6.45) is 16.9. The number of phenols is 1. The third-order valence-corrected chi connectivity index (χ3v) is 11.8. The first kappa shape index (κ1) is 29.9. The number of fused-ring (bicyclic) bond motifs is 1. The van der Waals surface area contributed by atoms with E-state index in [2.05, 4.69) is 53.2 Å². The standard InChI is InChI=1S/C33H57NOS/c1-8-20-31(4,5)29(25(3)24-34-36-28-18-16-27(35)17-19-28)14-10-12-21-32(6)23-26(9-2)30-15-11-13-22-33(30,32)7/h16-19,25-26,29-30,34-35H,8-15,20-24H2,1-7H3/t25-,26+,29?,30?,32?,33?/m1/s1. The van der Waals surface area contributed by atoms with Crippen molar-refractivity contribution in [2.24, 2.45) is 39.9 Å². The van der Waals surface area contributed by atoms with Crippen LogP contribution in [0.15, 0.2) is 29.2 Å². The van der Waals surface area contributed by atoms with Crippen LogP contribution in [0.25, 0.3) is 0 Å². The average Bonchev–Trinajstić information content (AvgIpc) is 3.06. The van der Waals surface area contributed by atoms with Gasteiger partial charge in [-0.25, -0.2) is 0 Å². The number of benzene rings is 1. The van der Waals surface area contributed by atoms with Crippen LogP contribution in [-0.2, 0) is 0 Å². The summed E-state index contributed by atoms with van der Waals surface area (Å²) in [6, 6.07) is 7.51. The Morgan fingerprint density at radius 1 is 1.11 bits per heavy atom. The number of hydrogen-bond acceptors (Lipinski definition) is 3. The first-order valence-electron chi connectivity index (χ1n) is 15.2. The van der Waals surface area contributed by atoms with E-state index in [1.54, 1.807) is 24.1 Å². The molecule has 36 heavy (non-hydrogen) atoms. The van der Waals surface area contributed by atoms with Gasteiger partial charge in [-0.05, 0) is 115 Å². The average molecular weight is 516 g/mol. The summed E-state index contributed by atoms with van der Waals surface area (Å²) in [6.45, 7) is 18.7.